The molecule has 0 aliphatic carbocycles. The number of aromatic amines is 1. The van der Waals surface area contributed by atoms with Gasteiger partial charge in [-0.3, -0.25) is 4.79 Å². The highest BCUT2D eigenvalue weighted by molar-refractivity contribution is 6.36. The van der Waals surface area contributed by atoms with Crippen LogP contribution in [0.5, 0.6) is 0 Å². The van der Waals surface area contributed by atoms with E-state index >= 15 is 0 Å². The van der Waals surface area contributed by atoms with Gasteiger partial charge >= 0.3 is 0 Å². The van der Waals surface area contributed by atoms with Crippen molar-refractivity contribution < 1.29 is 4.79 Å². The molecule has 124 valence electrons. The molecular weight excluding hydrogens is 345 g/mol. The number of aromatic nitrogens is 2. The van der Waals surface area contributed by atoms with Crippen LogP contribution in [0.15, 0.2) is 42.5 Å². The molecule has 2 N–H and O–H groups in total. The Labute approximate surface area is 150 Å². The summed E-state index contributed by atoms with van der Waals surface area (Å²) in [6.07, 6.45) is 0. The van der Waals surface area contributed by atoms with Gasteiger partial charge in [0.05, 0.1) is 27.7 Å². The SMILES string of the molecule is CC(C)[C@H](NC(=O)c1ccc(Cl)cc1Cl)c1nc2ccccc2[nH]1. The van der Waals surface area contributed by atoms with E-state index in [9.17, 15) is 4.79 Å². The van der Waals surface area contributed by atoms with Gasteiger partial charge in [-0.05, 0) is 36.2 Å². The van der Waals surface area contributed by atoms with Crippen molar-refractivity contribution in [3.05, 3.63) is 63.9 Å². The summed E-state index contributed by atoms with van der Waals surface area (Å²) in [6.45, 7) is 4.06. The van der Waals surface area contributed by atoms with Crippen LogP contribution in [0.4, 0.5) is 0 Å². The van der Waals surface area contributed by atoms with Crippen LogP contribution in [0.2, 0.25) is 10.0 Å². The molecule has 2 aromatic carbocycles. The molecule has 0 bridgehead atoms. The zero-order valence-electron chi connectivity index (χ0n) is 13.3. The smallest absolute Gasteiger partial charge is 0.253 e. The molecule has 0 saturated carbocycles. The lowest BCUT2D eigenvalue weighted by Crippen LogP contribution is -2.32. The van der Waals surface area contributed by atoms with E-state index in [0.29, 0.717) is 15.6 Å². The number of carbonyl (C=O) groups is 1. The summed E-state index contributed by atoms with van der Waals surface area (Å²) in [5.74, 6) is 0.626. The summed E-state index contributed by atoms with van der Waals surface area (Å²) in [5, 5.41) is 3.83. The molecule has 0 spiro atoms. The molecule has 1 aromatic heterocycles. The van der Waals surface area contributed by atoms with Gasteiger partial charge in [0.1, 0.15) is 5.82 Å². The van der Waals surface area contributed by atoms with E-state index in [1.807, 2.05) is 38.1 Å². The molecule has 1 heterocycles. The number of H-pyrrole nitrogens is 1. The van der Waals surface area contributed by atoms with Crippen LogP contribution in [0.25, 0.3) is 11.0 Å². The first-order valence-corrected chi connectivity index (χ1v) is 8.42. The molecule has 24 heavy (non-hydrogen) atoms. The highest BCUT2D eigenvalue weighted by Gasteiger charge is 2.23. The molecule has 0 aliphatic rings. The third-order valence-corrected chi connectivity index (χ3v) is 4.38. The van der Waals surface area contributed by atoms with Crippen LogP contribution < -0.4 is 5.32 Å². The molecule has 0 saturated heterocycles. The van der Waals surface area contributed by atoms with E-state index in [2.05, 4.69) is 15.3 Å². The third-order valence-electron chi connectivity index (χ3n) is 3.83. The van der Waals surface area contributed by atoms with Gasteiger partial charge in [0, 0.05) is 5.02 Å². The maximum Gasteiger partial charge on any atom is 0.253 e. The Morgan fingerprint density at radius 2 is 1.92 bits per heavy atom. The lowest BCUT2D eigenvalue weighted by molar-refractivity contribution is 0.0923. The fraction of sp³-hybridized carbons (Fsp3) is 0.222. The predicted molar refractivity (Wildman–Crippen MR) is 97.6 cm³/mol. The maximum absolute atomic E-state index is 12.6. The van der Waals surface area contributed by atoms with Crippen LogP contribution in [0, 0.1) is 5.92 Å². The standard InChI is InChI=1S/C18H17Cl2N3O/c1-10(2)16(17-21-14-5-3-4-6-15(14)22-17)23-18(24)12-8-7-11(19)9-13(12)20/h3-10,16H,1-2H3,(H,21,22)(H,23,24)/t16-/m0/s1. The first-order valence-electron chi connectivity index (χ1n) is 7.66. The monoisotopic (exact) mass is 361 g/mol. The van der Waals surface area contributed by atoms with Crippen molar-refractivity contribution in [1.82, 2.24) is 15.3 Å². The number of hydrogen-bond acceptors (Lipinski definition) is 2. The van der Waals surface area contributed by atoms with Crippen molar-refractivity contribution >= 4 is 40.1 Å². The largest absolute Gasteiger partial charge is 0.342 e. The van der Waals surface area contributed by atoms with E-state index in [1.54, 1.807) is 18.2 Å². The Hall–Kier alpha value is -2.04. The zero-order chi connectivity index (χ0) is 17.3. The second-order valence-corrected chi connectivity index (χ2v) is 6.80. The Morgan fingerprint density at radius 1 is 1.17 bits per heavy atom. The zero-order valence-corrected chi connectivity index (χ0v) is 14.8. The van der Waals surface area contributed by atoms with Crippen LogP contribution in [-0.2, 0) is 0 Å². The number of imidazole rings is 1. The quantitative estimate of drug-likeness (QED) is 0.686. The van der Waals surface area contributed by atoms with Gasteiger partial charge in [0.25, 0.3) is 5.91 Å². The minimum absolute atomic E-state index is 0.153. The summed E-state index contributed by atoms with van der Waals surface area (Å²) in [7, 11) is 0. The Morgan fingerprint density at radius 3 is 2.58 bits per heavy atom. The fourth-order valence-electron chi connectivity index (χ4n) is 2.56. The third kappa shape index (κ3) is 3.40. The molecule has 0 unspecified atom stereocenters. The average molecular weight is 362 g/mol. The summed E-state index contributed by atoms with van der Waals surface area (Å²) < 4.78 is 0. The average Bonchev–Trinajstić information content (AvgIpc) is 2.95. The first kappa shape index (κ1) is 16.8. The number of para-hydroxylation sites is 2. The van der Waals surface area contributed by atoms with Crippen LogP contribution >= 0.6 is 23.2 Å². The summed E-state index contributed by atoms with van der Waals surface area (Å²) in [5.41, 5.74) is 2.21. The lowest BCUT2D eigenvalue weighted by Gasteiger charge is -2.20. The van der Waals surface area contributed by atoms with Crippen LogP contribution in [0.3, 0.4) is 0 Å². The molecule has 3 rings (SSSR count). The molecule has 0 fully saturated rings. The lowest BCUT2D eigenvalue weighted by atomic mass is 10.0. The Bertz CT molecular complexity index is 856. The molecule has 4 nitrogen and oxygen atoms in total. The number of hydrogen-bond donors (Lipinski definition) is 2. The van der Waals surface area contributed by atoms with Crippen LogP contribution in [0.1, 0.15) is 36.1 Å². The van der Waals surface area contributed by atoms with E-state index in [4.69, 9.17) is 23.2 Å². The Kier molecular flexibility index (Phi) is 4.78. The minimum atomic E-state index is -0.254. The number of benzene rings is 2. The number of rotatable bonds is 4. The van der Waals surface area contributed by atoms with Crippen molar-refractivity contribution in [2.45, 2.75) is 19.9 Å². The summed E-state index contributed by atoms with van der Waals surface area (Å²) in [4.78, 5) is 20.5. The van der Waals surface area contributed by atoms with Crippen molar-refractivity contribution in [3.63, 3.8) is 0 Å². The van der Waals surface area contributed by atoms with Crippen molar-refractivity contribution in [1.29, 1.82) is 0 Å². The van der Waals surface area contributed by atoms with E-state index in [-0.39, 0.29) is 17.9 Å². The van der Waals surface area contributed by atoms with Gasteiger partial charge < -0.3 is 10.3 Å². The van der Waals surface area contributed by atoms with Crippen LogP contribution in [-0.4, -0.2) is 15.9 Å². The molecular formula is C18H17Cl2N3O. The predicted octanol–water partition coefficient (Wildman–Crippen LogP) is 5.00. The van der Waals surface area contributed by atoms with Gasteiger partial charge in [0.15, 0.2) is 0 Å². The first-order chi connectivity index (χ1) is 11.5. The Balaban J connectivity index is 1.90. The topological polar surface area (TPSA) is 57.8 Å². The fourth-order valence-corrected chi connectivity index (χ4v) is 3.06. The van der Waals surface area contributed by atoms with Crippen molar-refractivity contribution in [3.8, 4) is 0 Å². The van der Waals surface area contributed by atoms with Gasteiger partial charge in [-0.2, -0.15) is 0 Å². The number of carbonyl (C=O) groups excluding carboxylic acids is 1. The number of nitrogens with zero attached hydrogens (tertiary/aromatic N) is 1. The van der Waals surface area contributed by atoms with Crippen molar-refractivity contribution in [2.75, 3.05) is 0 Å². The minimum Gasteiger partial charge on any atom is -0.342 e. The summed E-state index contributed by atoms with van der Waals surface area (Å²) in [6, 6.07) is 12.3. The van der Waals surface area contributed by atoms with Crippen molar-refractivity contribution in [2.24, 2.45) is 5.92 Å². The van der Waals surface area contributed by atoms with E-state index < -0.39 is 0 Å². The summed E-state index contributed by atoms with van der Waals surface area (Å²) >= 11 is 12.0. The molecule has 0 aliphatic heterocycles. The van der Waals surface area contributed by atoms with E-state index in [0.717, 1.165) is 16.9 Å². The second kappa shape index (κ2) is 6.83. The van der Waals surface area contributed by atoms with Gasteiger partial charge in [-0.25, -0.2) is 4.98 Å². The molecule has 6 heteroatoms. The number of nitrogens with one attached hydrogen (secondary N) is 2. The second-order valence-electron chi connectivity index (χ2n) is 5.96. The number of halogens is 2. The van der Waals surface area contributed by atoms with Gasteiger partial charge in [0.2, 0.25) is 0 Å². The highest BCUT2D eigenvalue weighted by Crippen LogP contribution is 2.25. The maximum atomic E-state index is 12.6. The number of fused-ring (bicyclic) bond motifs is 1. The van der Waals surface area contributed by atoms with E-state index in [1.165, 1.54) is 0 Å². The molecule has 1 atom stereocenters. The highest BCUT2D eigenvalue weighted by atomic mass is 35.5. The number of amides is 1. The van der Waals surface area contributed by atoms with Gasteiger partial charge in [-0.1, -0.05) is 49.2 Å². The van der Waals surface area contributed by atoms with Gasteiger partial charge in [-0.15, -0.1) is 0 Å². The molecule has 0 radical (unpaired) electrons. The molecule has 1 amide bonds. The normalized spacial score (nSPS) is 12.5. The molecule has 3 aromatic rings.